The van der Waals surface area contributed by atoms with E-state index in [2.05, 4.69) is 0 Å². The first-order chi connectivity index (χ1) is 11.9. The van der Waals surface area contributed by atoms with Gasteiger partial charge in [-0.05, 0) is 50.8 Å². The van der Waals surface area contributed by atoms with Crippen LogP contribution in [0.5, 0.6) is 0 Å². The molecule has 2 aliphatic heterocycles. The minimum absolute atomic E-state index is 0.0670. The van der Waals surface area contributed by atoms with Crippen LogP contribution in [0.1, 0.15) is 32.6 Å². The maximum absolute atomic E-state index is 13.1. The number of benzene rings is 1. The van der Waals surface area contributed by atoms with Gasteiger partial charge in [0.15, 0.2) is 0 Å². The molecule has 2 aliphatic rings. The average Bonchev–Trinajstić information content (AvgIpc) is 3.02. The fraction of sp³-hybridized carbons (Fsp3) is 0.611. The summed E-state index contributed by atoms with van der Waals surface area (Å²) >= 11 is 0. The van der Waals surface area contributed by atoms with E-state index >= 15 is 0 Å². The summed E-state index contributed by atoms with van der Waals surface area (Å²) in [6.07, 6.45) is 3.14. The number of carbonyl (C=O) groups is 1. The molecule has 0 bridgehead atoms. The average molecular weight is 365 g/mol. The van der Waals surface area contributed by atoms with Gasteiger partial charge in [-0.15, -0.1) is 0 Å². The monoisotopic (exact) mass is 365 g/mol. The predicted octanol–water partition coefficient (Wildman–Crippen LogP) is 1.43. The molecule has 3 unspecified atom stereocenters. The molecule has 0 radical (unpaired) electrons. The molecule has 1 aromatic rings. The number of hydrogen-bond donors (Lipinski definition) is 1. The van der Waals surface area contributed by atoms with E-state index in [4.69, 9.17) is 5.73 Å². The molecule has 2 saturated heterocycles. The quantitative estimate of drug-likeness (QED) is 0.875. The van der Waals surface area contributed by atoms with Crippen molar-refractivity contribution in [2.45, 2.75) is 49.6 Å². The smallest absolute Gasteiger partial charge is 0.243 e. The van der Waals surface area contributed by atoms with E-state index in [0.717, 1.165) is 19.3 Å². The van der Waals surface area contributed by atoms with Gasteiger partial charge in [-0.3, -0.25) is 4.79 Å². The Labute approximate surface area is 150 Å². The van der Waals surface area contributed by atoms with Crippen LogP contribution >= 0.6 is 0 Å². The zero-order valence-electron chi connectivity index (χ0n) is 14.7. The Morgan fingerprint density at radius 1 is 1.24 bits per heavy atom. The maximum Gasteiger partial charge on any atom is 0.243 e. The highest BCUT2D eigenvalue weighted by molar-refractivity contribution is 7.89. The molecule has 3 atom stereocenters. The van der Waals surface area contributed by atoms with E-state index in [9.17, 15) is 13.2 Å². The number of sulfonamides is 1. The molecule has 25 heavy (non-hydrogen) atoms. The van der Waals surface area contributed by atoms with Gasteiger partial charge in [0.1, 0.15) is 6.04 Å². The standard InChI is InChI=1S/C18H27N3O3S/c1-14-11-15(12-19)13-20(14)18(22)17-9-5-6-10-21(17)25(23,24)16-7-3-2-4-8-16/h2-4,7-8,14-15,17H,5-6,9-13,19H2,1H3. The van der Waals surface area contributed by atoms with Gasteiger partial charge in [-0.1, -0.05) is 24.6 Å². The number of likely N-dealkylation sites (tertiary alicyclic amines) is 1. The number of rotatable bonds is 4. The molecule has 0 saturated carbocycles. The fourth-order valence-corrected chi connectivity index (χ4v) is 5.65. The molecule has 1 aromatic carbocycles. The zero-order valence-corrected chi connectivity index (χ0v) is 15.5. The van der Waals surface area contributed by atoms with Crippen molar-refractivity contribution >= 4 is 15.9 Å². The zero-order chi connectivity index (χ0) is 18.0. The van der Waals surface area contributed by atoms with E-state index in [1.54, 1.807) is 30.3 Å². The Balaban J connectivity index is 1.85. The number of amides is 1. The van der Waals surface area contributed by atoms with Crippen LogP contribution in [0.15, 0.2) is 35.2 Å². The molecular weight excluding hydrogens is 338 g/mol. The summed E-state index contributed by atoms with van der Waals surface area (Å²) in [6, 6.07) is 7.91. The van der Waals surface area contributed by atoms with E-state index in [1.807, 2.05) is 11.8 Å². The Morgan fingerprint density at radius 3 is 2.60 bits per heavy atom. The Hall–Kier alpha value is -1.44. The van der Waals surface area contributed by atoms with Gasteiger partial charge < -0.3 is 10.6 Å². The van der Waals surface area contributed by atoms with E-state index in [1.165, 1.54) is 4.31 Å². The lowest BCUT2D eigenvalue weighted by Crippen LogP contribution is -2.53. The van der Waals surface area contributed by atoms with Crippen LogP contribution in [0.25, 0.3) is 0 Å². The summed E-state index contributed by atoms with van der Waals surface area (Å²) in [5.41, 5.74) is 5.77. The van der Waals surface area contributed by atoms with Gasteiger partial charge >= 0.3 is 0 Å². The second-order valence-electron chi connectivity index (χ2n) is 7.12. The molecule has 2 fully saturated rings. The number of piperidine rings is 1. The van der Waals surface area contributed by atoms with Crippen LogP contribution in [0, 0.1) is 5.92 Å². The Kier molecular flexibility index (Phi) is 5.46. The second-order valence-corrected chi connectivity index (χ2v) is 9.01. The Bertz CT molecular complexity index is 708. The van der Waals surface area contributed by atoms with Gasteiger partial charge in [0.05, 0.1) is 4.90 Å². The first kappa shape index (κ1) is 18.4. The summed E-state index contributed by atoms with van der Waals surface area (Å²) in [6.45, 7) is 3.61. The molecule has 3 rings (SSSR count). The topological polar surface area (TPSA) is 83.7 Å². The number of hydrogen-bond acceptors (Lipinski definition) is 4. The summed E-state index contributed by atoms with van der Waals surface area (Å²) in [5.74, 6) is 0.240. The van der Waals surface area contributed by atoms with Crippen molar-refractivity contribution in [3.63, 3.8) is 0 Å². The molecule has 0 aromatic heterocycles. The van der Waals surface area contributed by atoms with Crippen molar-refractivity contribution in [3.05, 3.63) is 30.3 Å². The van der Waals surface area contributed by atoms with Crippen LogP contribution in [0.4, 0.5) is 0 Å². The fourth-order valence-electron chi connectivity index (χ4n) is 3.98. The van der Waals surface area contributed by atoms with Crippen LogP contribution in [0.2, 0.25) is 0 Å². The highest BCUT2D eigenvalue weighted by atomic mass is 32.2. The van der Waals surface area contributed by atoms with Crippen LogP contribution in [-0.4, -0.2) is 55.2 Å². The summed E-state index contributed by atoms with van der Waals surface area (Å²) in [4.78, 5) is 15.2. The van der Waals surface area contributed by atoms with Gasteiger partial charge in [0, 0.05) is 19.1 Å². The van der Waals surface area contributed by atoms with Crippen molar-refractivity contribution < 1.29 is 13.2 Å². The lowest BCUT2D eigenvalue weighted by atomic mass is 10.0. The Morgan fingerprint density at radius 2 is 1.96 bits per heavy atom. The molecule has 6 nitrogen and oxygen atoms in total. The van der Waals surface area contributed by atoms with Gasteiger partial charge in [0.25, 0.3) is 0 Å². The summed E-state index contributed by atoms with van der Waals surface area (Å²) in [7, 11) is -3.66. The molecule has 0 aliphatic carbocycles. The third kappa shape index (κ3) is 3.59. The molecule has 1 amide bonds. The number of nitrogens with zero attached hydrogens (tertiary/aromatic N) is 2. The van der Waals surface area contributed by atoms with Crippen LogP contribution in [0.3, 0.4) is 0 Å². The van der Waals surface area contributed by atoms with E-state index in [0.29, 0.717) is 32.0 Å². The third-order valence-electron chi connectivity index (χ3n) is 5.37. The van der Waals surface area contributed by atoms with Crippen molar-refractivity contribution in [1.82, 2.24) is 9.21 Å². The summed E-state index contributed by atoms with van der Waals surface area (Å²) in [5, 5.41) is 0. The lowest BCUT2D eigenvalue weighted by Gasteiger charge is -2.37. The summed E-state index contributed by atoms with van der Waals surface area (Å²) < 4.78 is 27.5. The third-order valence-corrected chi connectivity index (χ3v) is 7.29. The second kappa shape index (κ2) is 7.43. The van der Waals surface area contributed by atoms with Gasteiger partial charge in [-0.25, -0.2) is 8.42 Å². The van der Waals surface area contributed by atoms with Crippen molar-refractivity contribution in [2.75, 3.05) is 19.6 Å². The highest BCUT2D eigenvalue weighted by Crippen LogP contribution is 2.30. The minimum atomic E-state index is -3.66. The minimum Gasteiger partial charge on any atom is -0.338 e. The van der Waals surface area contributed by atoms with E-state index in [-0.39, 0.29) is 16.8 Å². The molecule has 7 heteroatoms. The molecule has 0 spiro atoms. The molecule has 138 valence electrons. The molecular formula is C18H27N3O3S. The maximum atomic E-state index is 13.1. The lowest BCUT2D eigenvalue weighted by molar-refractivity contribution is -0.136. The van der Waals surface area contributed by atoms with Crippen molar-refractivity contribution in [3.8, 4) is 0 Å². The van der Waals surface area contributed by atoms with E-state index < -0.39 is 16.1 Å². The van der Waals surface area contributed by atoms with Gasteiger partial charge in [0.2, 0.25) is 15.9 Å². The largest absolute Gasteiger partial charge is 0.338 e. The van der Waals surface area contributed by atoms with Gasteiger partial charge in [-0.2, -0.15) is 4.31 Å². The van der Waals surface area contributed by atoms with Crippen LogP contribution in [-0.2, 0) is 14.8 Å². The first-order valence-electron chi connectivity index (χ1n) is 9.02. The first-order valence-corrected chi connectivity index (χ1v) is 10.5. The molecule has 2 heterocycles. The van der Waals surface area contributed by atoms with Crippen molar-refractivity contribution in [1.29, 1.82) is 0 Å². The highest BCUT2D eigenvalue weighted by Gasteiger charge is 2.42. The number of nitrogens with two attached hydrogens (primary N) is 1. The van der Waals surface area contributed by atoms with Crippen molar-refractivity contribution in [2.24, 2.45) is 11.7 Å². The number of carbonyl (C=O) groups excluding carboxylic acids is 1. The molecule has 2 N–H and O–H groups in total. The normalized spacial score (nSPS) is 28.2. The van der Waals surface area contributed by atoms with Crippen LogP contribution < -0.4 is 5.73 Å². The SMILES string of the molecule is CC1CC(CN)CN1C(=O)C1CCCCN1S(=O)(=O)c1ccccc1. The predicted molar refractivity (Wildman–Crippen MR) is 96.3 cm³/mol.